The Labute approximate surface area is 108 Å². The van der Waals surface area contributed by atoms with Crippen molar-refractivity contribution in [3.8, 4) is 0 Å². The van der Waals surface area contributed by atoms with Gasteiger partial charge in [0.05, 0.1) is 5.60 Å². The fourth-order valence-corrected chi connectivity index (χ4v) is 2.09. The van der Waals surface area contributed by atoms with Crippen LogP contribution in [0.25, 0.3) is 0 Å². The monoisotopic (exact) mass is 244 g/mol. The molecule has 0 amide bonds. The molecule has 0 aliphatic rings. The van der Waals surface area contributed by atoms with Crippen LogP contribution in [0, 0.1) is 5.41 Å². The number of aliphatic hydroxyl groups is 1. The molecule has 0 rings (SSSR count). The molecule has 0 aliphatic heterocycles. The van der Waals surface area contributed by atoms with E-state index in [-0.39, 0.29) is 5.41 Å². The Hall–Kier alpha value is -0.120. The zero-order valence-electron chi connectivity index (χ0n) is 12.6. The molecule has 0 spiro atoms. The molecule has 104 valence electrons. The van der Waals surface area contributed by atoms with Gasteiger partial charge in [0, 0.05) is 19.6 Å². The highest BCUT2D eigenvalue weighted by molar-refractivity contribution is 4.79. The van der Waals surface area contributed by atoms with Crippen molar-refractivity contribution >= 4 is 0 Å². The number of hydrogen-bond acceptors (Lipinski definition) is 3. The number of likely N-dealkylation sites (N-methyl/N-ethyl adjacent to an activating group) is 1. The Morgan fingerprint density at radius 1 is 1.06 bits per heavy atom. The molecule has 3 heteroatoms. The van der Waals surface area contributed by atoms with Gasteiger partial charge in [-0.15, -0.1) is 0 Å². The molecular weight excluding hydrogens is 212 g/mol. The van der Waals surface area contributed by atoms with E-state index >= 15 is 0 Å². The molecule has 0 aromatic carbocycles. The van der Waals surface area contributed by atoms with Gasteiger partial charge in [-0.2, -0.15) is 0 Å². The van der Waals surface area contributed by atoms with E-state index in [9.17, 15) is 5.11 Å². The summed E-state index contributed by atoms with van der Waals surface area (Å²) < 4.78 is 0. The van der Waals surface area contributed by atoms with Crippen LogP contribution < -0.4 is 5.32 Å². The Balaban J connectivity index is 4.15. The minimum atomic E-state index is -0.608. The average Bonchev–Trinajstić information content (AvgIpc) is 2.14. The summed E-state index contributed by atoms with van der Waals surface area (Å²) in [4.78, 5) is 2.33. The quantitative estimate of drug-likeness (QED) is 0.610. The molecule has 0 bridgehead atoms. The van der Waals surface area contributed by atoms with E-state index in [1.165, 1.54) is 6.42 Å². The van der Waals surface area contributed by atoms with Crippen molar-refractivity contribution in [3.05, 3.63) is 0 Å². The number of nitrogens with zero attached hydrogens (tertiary/aromatic N) is 1. The summed E-state index contributed by atoms with van der Waals surface area (Å²) in [5.74, 6) is 0. The molecule has 0 saturated carbocycles. The lowest BCUT2D eigenvalue weighted by Gasteiger charge is -2.35. The number of rotatable bonds is 9. The smallest absolute Gasteiger partial charge is 0.0718 e. The van der Waals surface area contributed by atoms with Crippen molar-refractivity contribution in [1.29, 1.82) is 0 Å². The first-order chi connectivity index (χ1) is 7.70. The second kappa shape index (κ2) is 7.34. The van der Waals surface area contributed by atoms with Crippen LogP contribution >= 0.6 is 0 Å². The SMILES string of the molecule is CCCNCC(C)(C)CN(CC)CC(C)(C)O. The zero-order chi connectivity index (χ0) is 13.5. The van der Waals surface area contributed by atoms with Gasteiger partial charge >= 0.3 is 0 Å². The van der Waals surface area contributed by atoms with E-state index in [4.69, 9.17) is 0 Å². The van der Waals surface area contributed by atoms with Crippen LogP contribution in [0.5, 0.6) is 0 Å². The van der Waals surface area contributed by atoms with Crippen molar-refractivity contribution in [1.82, 2.24) is 10.2 Å². The van der Waals surface area contributed by atoms with Gasteiger partial charge in [0.15, 0.2) is 0 Å². The first-order valence-corrected chi connectivity index (χ1v) is 6.85. The molecule has 0 fully saturated rings. The Morgan fingerprint density at radius 3 is 2.06 bits per heavy atom. The van der Waals surface area contributed by atoms with Gasteiger partial charge in [0.2, 0.25) is 0 Å². The summed E-state index contributed by atoms with van der Waals surface area (Å²) in [6.45, 7) is 17.5. The molecule has 0 radical (unpaired) electrons. The fraction of sp³-hybridized carbons (Fsp3) is 1.00. The zero-order valence-corrected chi connectivity index (χ0v) is 12.6. The summed E-state index contributed by atoms with van der Waals surface area (Å²) in [5, 5.41) is 13.4. The molecule has 2 N–H and O–H groups in total. The summed E-state index contributed by atoms with van der Waals surface area (Å²) in [6.07, 6.45) is 1.18. The van der Waals surface area contributed by atoms with Gasteiger partial charge in [0.1, 0.15) is 0 Å². The first-order valence-electron chi connectivity index (χ1n) is 6.85. The van der Waals surface area contributed by atoms with Gasteiger partial charge in [-0.25, -0.2) is 0 Å². The first kappa shape index (κ1) is 16.9. The van der Waals surface area contributed by atoms with Gasteiger partial charge in [0.25, 0.3) is 0 Å². The number of nitrogens with one attached hydrogen (secondary N) is 1. The minimum absolute atomic E-state index is 0.246. The molecule has 0 aromatic heterocycles. The topological polar surface area (TPSA) is 35.5 Å². The second-order valence-corrected chi connectivity index (χ2v) is 6.46. The van der Waals surface area contributed by atoms with Gasteiger partial charge in [-0.1, -0.05) is 27.7 Å². The van der Waals surface area contributed by atoms with E-state index < -0.39 is 5.60 Å². The van der Waals surface area contributed by atoms with Crippen LogP contribution in [-0.2, 0) is 0 Å². The Kier molecular flexibility index (Phi) is 7.29. The van der Waals surface area contributed by atoms with E-state index in [1.807, 2.05) is 13.8 Å². The van der Waals surface area contributed by atoms with E-state index in [0.717, 1.165) is 32.7 Å². The summed E-state index contributed by atoms with van der Waals surface area (Å²) >= 11 is 0. The molecule has 0 aliphatic carbocycles. The highest BCUT2D eigenvalue weighted by atomic mass is 16.3. The Morgan fingerprint density at radius 2 is 1.65 bits per heavy atom. The third-order valence-corrected chi connectivity index (χ3v) is 2.74. The van der Waals surface area contributed by atoms with Gasteiger partial charge in [-0.3, -0.25) is 0 Å². The van der Waals surface area contributed by atoms with Crippen LogP contribution in [0.2, 0.25) is 0 Å². The number of hydrogen-bond donors (Lipinski definition) is 2. The van der Waals surface area contributed by atoms with Crippen LogP contribution in [0.4, 0.5) is 0 Å². The van der Waals surface area contributed by atoms with Crippen molar-refractivity contribution in [2.75, 3.05) is 32.7 Å². The van der Waals surface area contributed by atoms with Crippen LogP contribution in [-0.4, -0.2) is 48.3 Å². The molecule has 0 unspecified atom stereocenters. The normalized spacial score (nSPS) is 13.4. The highest BCUT2D eigenvalue weighted by Crippen LogP contribution is 2.17. The average molecular weight is 244 g/mol. The van der Waals surface area contributed by atoms with Gasteiger partial charge < -0.3 is 15.3 Å². The molecule has 0 saturated heterocycles. The van der Waals surface area contributed by atoms with Gasteiger partial charge in [-0.05, 0) is 38.8 Å². The molecular formula is C14H32N2O. The third-order valence-electron chi connectivity index (χ3n) is 2.74. The van der Waals surface area contributed by atoms with Crippen molar-refractivity contribution < 1.29 is 5.11 Å². The van der Waals surface area contributed by atoms with E-state index in [0.29, 0.717) is 0 Å². The predicted molar refractivity (Wildman–Crippen MR) is 75.4 cm³/mol. The molecule has 17 heavy (non-hydrogen) atoms. The fourth-order valence-electron chi connectivity index (χ4n) is 2.09. The molecule has 3 nitrogen and oxygen atoms in total. The van der Waals surface area contributed by atoms with Crippen LogP contribution in [0.1, 0.15) is 48.0 Å². The molecule has 0 heterocycles. The maximum absolute atomic E-state index is 9.87. The lowest BCUT2D eigenvalue weighted by Crippen LogP contribution is -2.45. The minimum Gasteiger partial charge on any atom is -0.389 e. The van der Waals surface area contributed by atoms with Crippen molar-refractivity contribution in [2.45, 2.75) is 53.6 Å². The maximum atomic E-state index is 9.87. The lowest BCUT2D eigenvalue weighted by molar-refractivity contribution is 0.0260. The van der Waals surface area contributed by atoms with Crippen LogP contribution in [0.3, 0.4) is 0 Å². The lowest BCUT2D eigenvalue weighted by atomic mass is 9.92. The van der Waals surface area contributed by atoms with E-state index in [2.05, 4.69) is 37.9 Å². The summed E-state index contributed by atoms with van der Waals surface area (Å²) in [5.41, 5.74) is -0.362. The predicted octanol–water partition coefficient (Wildman–Crippen LogP) is 2.11. The maximum Gasteiger partial charge on any atom is 0.0718 e. The summed E-state index contributed by atoms with van der Waals surface area (Å²) in [7, 11) is 0. The molecule has 0 atom stereocenters. The van der Waals surface area contributed by atoms with E-state index in [1.54, 1.807) is 0 Å². The molecule has 0 aromatic rings. The second-order valence-electron chi connectivity index (χ2n) is 6.46. The summed E-state index contributed by atoms with van der Waals surface area (Å²) in [6, 6.07) is 0. The Bertz CT molecular complexity index is 197. The largest absolute Gasteiger partial charge is 0.389 e. The standard InChI is InChI=1S/C14H32N2O/c1-7-9-15-10-13(3,4)11-16(8-2)12-14(5,6)17/h15,17H,7-12H2,1-6H3. The van der Waals surface area contributed by atoms with Crippen molar-refractivity contribution in [3.63, 3.8) is 0 Å². The third kappa shape index (κ3) is 9.57. The van der Waals surface area contributed by atoms with Crippen molar-refractivity contribution in [2.24, 2.45) is 5.41 Å². The highest BCUT2D eigenvalue weighted by Gasteiger charge is 2.24. The van der Waals surface area contributed by atoms with Crippen LogP contribution in [0.15, 0.2) is 0 Å².